The number of aromatic nitrogens is 3. The molecule has 0 bridgehead atoms. The summed E-state index contributed by atoms with van der Waals surface area (Å²) < 4.78 is 20.0. The van der Waals surface area contributed by atoms with Crippen LogP contribution >= 0.6 is 11.8 Å². The first-order valence-electron chi connectivity index (χ1n) is 9.06. The van der Waals surface area contributed by atoms with Crippen LogP contribution in [0.5, 0.6) is 5.75 Å². The first kappa shape index (κ1) is 20.6. The van der Waals surface area contributed by atoms with E-state index in [1.165, 1.54) is 28.5 Å². The van der Waals surface area contributed by atoms with Gasteiger partial charge in [-0.1, -0.05) is 30.0 Å². The second kappa shape index (κ2) is 9.88. The molecule has 0 atom stereocenters. The Labute approximate surface area is 172 Å². The van der Waals surface area contributed by atoms with Crippen LogP contribution in [-0.4, -0.2) is 21.4 Å². The number of hydrogen-bond acceptors (Lipinski definition) is 6. The van der Waals surface area contributed by atoms with E-state index in [0.717, 1.165) is 11.3 Å². The smallest absolute Gasteiger partial charge is 0.297 e. The van der Waals surface area contributed by atoms with Gasteiger partial charge in [0, 0.05) is 18.0 Å². The Balaban J connectivity index is 1.79. The van der Waals surface area contributed by atoms with Crippen molar-refractivity contribution in [3.63, 3.8) is 0 Å². The van der Waals surface area contributed by atoms with Crippen LogP contribution in [0.4, 0.5) is 15.9 Å². The molecule has 0 saturated carbocycles. The Morgan fingerprint density at radius 2 is 1.90 bits per heavy atom. The molecule has 0 radical (unpaired) electrons. The molecule has 1 aromatic heterocycles. The summed E-state index contributed by atoms with van der Waals surface area (Å²) in [6, 6.07) is 13.5. The van der Waals surface area contributed by atoms with Gasteiger partial charge in [0.2, 0.25) is 5.82 Å². The molecule has 3 aromatic rings. The molecule has 2 aromatic carbocycles. The minimum atomic E-state index is -0.296. The van der Waals surface area contributed by atoms with Gasteiger partial charge in [-0.05, 0) is 48.9 Å². The van der Waals surface area contributed by atoms with Crippen molar-refractivity contribution in [2.24, 2.45) is 0 Å². The maximum atomic E-state index is 13.1. The van der Waals surface area contributed by atoms with E-state index < -0.39 is 0 Å². The SMILES string of the molecule is C=CCn1c(SCc2ccc(F)cc2)nnc(Nc2ccc(OCC)cc2)c1=O. The lowest BCUT2D eigenvalue weighted by Gasteiger charge is -2.12. The normalized spacial score (nSPS) is 10.6. The van der Waals surface area contributed by atoms with Crippen molar-refractivity contribution < 1.29 is 9.13 Å². The summed E-state index contributed by atoms with van der Waals surface area (Å²) in [6.45, 7) is 6.52. The maximum Gasteiger partial charge on any atom is 0.297 e. The molecule has 0 aliphatic rings. The highest BCUT2D eigenvalue weighted by molar-refractivity contribution is 7.98. The van der Waals surface area contributed by atoms with Crippen LogP contribution in [0.2, 0.25) is 0 Å². The molecule has 8 heteroatoms. The van der Waals surface area contributed by atoms with Crippen molar-refractivity contribution >= 4 is 23.3 Å². The lowest BCUT2D eigenvalue weighted by Crippen LogP contribution is -2.26. The molecule has 0 amide bonds. The zero-order valence-corrected chi connectivity index (χ0v) is 16.8. The molecule has 6 nitrogen and oxygen atoms in total. The highest BCUT2D eigenvalue weighted by Crippen LogP contribution is 2.21. The van der Waals surface area contributed by atoms with Crippen LogP contribution < -0.4 is 15.6 Å². The average Bonchev–Trinajstić information content (AvgIpc) is 2.73. The van der Waals surface area contributed by atoms with Crippen LogP contribution in [-0.2, 0) is 12.3 Å². The Morgan fingerprint density at radius 1 is 1.17 bits per heavy atom. The summed E-state index contributed by atoms with van der Waals surface area (Å²) in [5.74, 6) is 1.13. The zero-order chi connectivity index (χ0) is 20.6. The van der Waals surface area contributed by atoms with Crippen LogP contribution in [0.1, 0.15) is 12.5 Å². The van der Waals surface area contributed by atoms with Gasteiger partial charge in [-0.15, -0.1) is 16.8 Å². The van der Waals surface area contributed by atoms with Crippen molar-refractivity contribution in [3.8, 4) is 5.75 Å². The molecule has 3 rings (SSSR count). The van der Waals surface area contributed by atoms with Crippen molar-refractivity contribution in [1.82, 2.24) is 14.8 Å². The Hall–Kier alpha value is -3.13. The molecule has 0 aliphatic heterocycles. The van der Waals surface area contributed by atoms with Gasteiger partial charge in [0.25, 0.3) is 5.56 Å². The molecule has 150 valence electrons. The predicted octanol–water partition coefficient (Wildman–Crippen LogP) is 4.40. The average molecular weight is 412 g/mol. The molecular weight excluding hydrogens is 391 g/mol. The third kappa shape index (κ3) is 5.45. The highest BCUT2D eigenvalue weighted by Gasteiger charge is 2.12. The highest BCUT2D eigenvalue weighted by atomic mass is 32.2. The van der Waals surface area contributed by atoms with Gasteiger partial charge in [-0.2, -0.15) is 0 Å². The summed E-state index contributed by atoms with van der Waals surface area (Å²) in [4.78, 5) is 12.9. The third-order valence-electron chi connectivity index (χ3n) is 3.94. The number of anilines is 2. The van der Waals surface area contributed by atoms with E-state index in [-0.39, 0.29) is 17.2 Å². The number of ether oxygens (including phenoxy) is 1. The van der Waals surface area contributed by atoms with Gasteiger partial charge < -0.3 is 10.1 Å². The van der Waals surface area contributed by atoms with E-state index in [2.05, 4.69) is 22.1 Å². The Kier molecular flexibility index (Phi) is 7.02. The minimum Gasteiger partial charge on any atom is -0.494 e. The third-order valence-corrected chi connectivity index (χ3v) is 4.97. The molecule has 1 heterocycles. The Bertz CT molecular complexity index is 1020. The first-order chi connectivity index (χ1) is 14.1. The molecule has 0 aliphatic carbocycles. The topological polar surface area (TPSA) is 69.0 Å². The lowest BCUT2D eigenvalue weighted by molar-refractivity contribution is 0.340. The van der Waals surface area contributed by atoms with Gasteiger partial charge in [0.05, 0.1) is 6.61 Å². The van der Waals surface area contributed by atoms with Crippen molar-refractivity contribution in [2.45, 2.75) is 24.4 Å². The zero-order valence-electron chi connectivity index (χ0n) is 16.0. The van der Waals surface area contributed by atoms with E-state index >= 15 is 0 Å². The van der Waals surface area contributed by atoms with E-state index in [1.807, 2.05) is 19.1 Å². The standard InChI is InChI=1S/C21H21FN4O2S/c1-3-13-26-20(27)19(23-17-9-11-18(12-10-17)28-4-2)24-25-21(26)29-14-15-5-7-16(22)8-6-15/h3,5-12H,1,4,13-14H2,2H3,(H,23,24). The second-order valence-electron chi connectivity index (χ2n) is 6.03. The fourth-order valence-corrected chi connectivity index (χ4v) is 3.45. The van der Waals surface area contributed by atoms with Crippen molar-refractivity contribution in [3.05, 3.63) is 82.9 Å². The largest absolute Gasteiger partial charge is 0.494 e. The van der Waals surface area contributed by atoms with Gasteiger partial charge in [-0.3, -0.25) is 9.36 Å². The first-order valence-corrected chi connectivity index (χ1v) is 10.0. The molecular formula is C21H21FN4O2S. The molecule has 0 saturated heterocycles. The number of nitrogens with zero attached hydrogens (tertiary/aromatic N) is 3. The number of halogens is 1. The molecule has 0 unspecified atom stereocenters. The van der Waals surface area contributed by atoms with Crippen LogP contribution in [0.15, 0.2) is 71.1 Å². The number of thioether (sulfide) groups is 1. The lowest BCUT2D eigenvalue weighted by atomic mass is 10.2. The maximum absolute atomic E-state index is 13.1. The van der Waals surface area contributed by atoms with E-state index in [0.29, 0.717) is 29.7 Å². The number of benzene rings is 2. The summed E-state index contributed by atoms with van der Waals surface area (Å²) in [7, 11) is 0. The number of rotatable bonds is 9. The summed E-state index contributed by atoms with van der Waals surface area (Å²) in [6.07, 6.45) is 1.63. The molecule has 29 heavy (non-hydrogen) atoms. The van der Waals surface area contributed by atoms with E-state index in [4.69, 9.17) is 4.74 Å². The summed E-state index contributed by atoms with van der Waals surface area (Å²) in [5.41, 5.74) is 1.33. The summed E-state index contributed by atoms with van der Waals surface area (Å²) in [5, 5.41) is 11.7. The van der Waals surface area contributed by atoms with Crippen molar-refractivity contribution in [1.29, 1.82) is 0 Å². The molecule has 1 N–H and O–H groups in total. The molecule has 0 fully saturated rings. The van der Waals surface area contributed by atoms with Crippen LogP contribution in [0, 0.1) is 5.82 Å². The monoisotopic (exact) mass is 412 g/mol. The number of hydrogen-bond donors (Lipinski definition) is 1. The minimum absolute atomic E-state index is 0.127. The molecule has 0 spiro atoms. The van der Waals surface area contributed by atoms with E-state index in [1.54, 1.807) is 30.3 Å². The van der Waals surface area contributed by atoms with Crippen molar-refractivity contribution in [2.75, 3.05) is 11.9 Å². The second-order valence-corrected chi connectivity index (χ2v) is 6.98. The predicted molar refractivity (Wildman–Crippen MR) is 113 cm³/mol. The fourth-order valence-electron chi connectivity index (χ4n) is 2.55. The van der Waals surface area contributed by atoms with Gasteiger partial charge in [0.1, 0.15) is 11.6 Å². The fraction of sp³-hybridized carbons (Fsp3) is 0.190. The van der Waals surface area contributed by atoms with E-state index in [9.17, 15) is 9.18 Å². The quantitative estimate of drug-likeness (QED) is 0.415. The van der Waals surface area contributed by atoms with Gasteiger partial charge >= 0.3 is 0 Å². The summed E-state index contributed by atoms with van der Waals surface area (Å²) >= 11 is 1.36. The van der Waals surface area contributed by atoms with Gasteiger partial charge in [-0.25, -0.2) is 4.39 Å². The van der Waals surface area contributed by atoms with Crippen LogP contribution in [0.3, 0.4) is 0 Å². The number of nitrogens with one attached hydrogen (secondary N) is 1. The number of allylic oxidation sites excluding steroid dienone is 1. The van der Waals surface area contributed by atoms with Gasteiger partial charge in [0.15, 0.2) is 5.16 Å². The van der Waals surface area contributed by atoms with Crippen LogP contribution in [0.25, 0.3) is 0 Å². The Morgan fingerprint density at radius 3 is 2.55 bits per heavy atom.